The third kappa shape index (κ3) is 1.56. The van der Waals surface area contributed by atoms with Gasteiger partial charge in [-0.3, -0.25) is 0 Å². The lowest BCUT2D eigenvalue weighted by atomic mass is 10.1. The summed E-state index contributed by atoms with van der Waals surface area (Å²) >= 11 is 0. The van der Waals surface area contributed by atoms with Crippen LogP contribution in [0.1, 0.15) is 18.6 Å². The Hall–Kier alpha value is -1.09. The molecule has 0 saturated heterocycles. The molecule has 0 aliphatic heterocycles. The van der Waals surface area contributed by atoms with E-state index in [0.717, 1.165) is 0 Å². The molecule has 0 aromatic heterocycles. The summed E-state index contributed by atoms with van der Waals surface area (Å²) in [5, 5.41) is 9.20. The van der Waals surface area contributed by atoms with E-state index in [4.69, 9.17) is 4.74 Å². The maximum absolute atomic E-state index is 13.0. The van der Waals surface area contributed by atoms with E-state index in [1.165, 1.54) is 20.1 Å². The van der Waals surface area contributed by atoms with E-state index in [1.54, 1.807) is 12.1 Å². The van der Waals surface area contributed by atoms with E-state index < -0.39 is 11.9 Å². The van der Waals surface area contributed by atoms with Gasteiger partial charge in [-0.15, -0.1) is 0 Å². The minimum atomic E-state index is -0.846. The lowest BCUT2D eigenvalue weighted by molar-refractivity contribution is 0.189. The molecule has 0 unspecified atom stereocenters. The van der Waals surface area contributed by atoms with Crippen LogP contribution in [-0.2, 0) is 0 Å². The van der Waals surface area contributed by atoms with Crippen LogP contribution in [0.3, 0.4) is 0 Å². The van der Waals surface area contributed by atoms with Gasteiger partial charge in [0.05, 0.1) is 18.8 Å². The van der Waals surface area contributed by atoms with Crippen molar-refractivity contribution in [2.24, 2.45) is 0 Å². The minimum Gasteiger partial charge on any atom is -0.496 e. The molecule has 66 valence electrons. The average molecular weight is 170 g/mol. The smallest absolute Gasteiger partial charge is 0.132 e. The van der Waals surface area contributed by atoms with Crippen molar-refractivity contribution in [1.82, 2.24) is 0 Å². The Morgan fingerprint density at radius 1 is 1.50 bits per heavy atom. The van der Waals surface area contributed by atoms with Crippen LogP contribution >= 0.6 is 0 Å². The number of benzene rings is 1. The molecule has 0 amide bonds. The SMILES string of the molecule is COc1cccc(F)c1[C@H](C)O. The Morgan fingerprint density at radius 2 is 2.17 bits per heavy atom. The summed E-state index contributed by atoms with van der Waals surface area (Å²) in [6.45, 7) is 1.50. The van der Waals surface area contributed by atoms with Gasteiger partial charge >= 0.3 is 0 Å². The van der Waals surface area contributed by atoms with Crippen LogP contribution < -0.4 is 4.74 Å². The summed E-state index contributed by atoms with van der Waals surface area (Å²) in [5.74, 6) is -0.0608. The summed E-state index contributed by atoms with van der Waals surface area (Å²) in [7, 11) is 1.45. The van der Waals surface area contributed by atoms with Crippen LogP contribution in [0.25, 0.3) is 0 Å². The van der Waals surface area contributed by atoms with Gasteiger partial charge < -0.3 is 9.84 Å². The summed E-state index contributed by atoms with van der Waals surface area (Å²) in [5.41, 5.74) is 0.208. The van der Waals surface area contributed by atoms with Gasteiger partial charge in [0.25, 0.3) is 0 Å². The first-order chi connectivity index (χ1) is 5.66. The zero-order valence-electron chi connectivity index (χ0n) is 7.04. The van der Waals surface area contributed by atoms with Gasteiger partial charge in [-0.25, -0.2) is 4.39 Å². The molecule has 1 aromatic rings. The average Bonchev–Trinajstić information content (AvgIpc) is 2.03. The van der Waals surface area contributed by atoms with E-state index in [-0.39, 0.29) is 5.56 Å². The molecule has 0 spiro atoms. The third-order valence-electron chi connectivity index (χ3n) is 1.65. The molecular formula is C9H11FO2. The van der Waals surface area contributed by atoms with Gasteiger partial charge in [0, 0.05) is 0 Å². The largest absolute Gasteiger partial charge is 0.496 e. The molecule has 1 atom stereocenters. The lowest BCUT2D eigenvalue weighted by Crippen LogP contribution is -1.99. The van der Waals surface area contributed by atoms with Crippen LogP contribution in [0.4, 0.5) is 4.39 Å². The summed E-state index contributed by atoms with van der Waals surface area (Å²) in [6, 6.07) is 4.45. The number of aliphatic hydroxyl groups excluding tert-OH is 1. The molecule has 0 aliphatic rings. The van der Waals surface area contributed by atoms with E-state index in [1.807, 2.05) is 0 Å². The maximum Gasteiger partial charge on any atom is 0.132 e. The van der Waals surface area contributed by atoms with Gasteiger partial charge in [-0.2, -0.15) is 0 Å². The summed E-state index contributed by atoms with van der Waals surface area (Å²) < 4.78 is 17.9. The molecule has 1 N–H and O–H groups in total. The Morgan fingerprint density at radius 3 is 2.58 bits per heavy atom. The number of hydrogen-bond donors (Lipinski definition) is 1. The predicted octanol–water partition coefficient (Wildman–Crippen LogP) is 1.89. The van der Waals surface area contributed by atoms with Crippen molar-refractivity contribution < 1.29 is 14.2 Å². The summed E-state index contributed by atoms with van der Waals surface area (Å²) in [4.78, 5) is 0. The van der Waals surface area contributed by atoms with Crippen LogP contribution in [0.2, 0.25) is 0 Å². The zero-order chi connectivity index (χ0) is 9.14. The Labute approximate surface area is 70.6 Å². The number of ether oxygens (including phenoxy) is 1. The standard InChI is InChI=1S/C9H11FO2/c1-6(11)9-7(10)4-3-5-8(9)12-2/h3-6,11H,1-2H3/t6-/m0/s1. The van der Waals surface area contributed by atoms with Gasteiger partial charge in [-0.05, 0) is 19.1 Å². The highest BCUT2D eigenvalue weighted by Gasteiger charge is 2.13. The van der Waals surface area contributed by atoms with E-state index >= 15 is 0 Å². The monoisotopic (exact) mass is 170 g/mol. The molecule has 0 radical (unpaired) electrons. The van der Waals surface area contributed by atoms with Crippen LogP contribution in [0, 0.1) is 5.82 Å². The number of methoxy groups -OCH3 is 1. The van der Waals surface area contributed by atoms with Crippen LogP contribution in [0.15, 0.2) is 18.2 Å². The maximum atomic E-state index is 13.0. The highest BCUT2D eigenvalue weighted by atomic mass is 19.1. The van der Waals surface area contributed by atoms with Crippen molar-refractivity contribution in [3.8, 4) is 5.75 Å². The predicted molar refractivity (Wildman–Crippen MR) is 43.6 cm³/mol. The van der Waals surface area contributed by atoms with Crippen molar-refractivity contribution >= 4 is 0 Å². The van der Waals surface area contributed by atoms with Gasteiger partial charge in [0.15, 0.2) is 0 Å². The van der Waals surface area contributed by atoms with Gasteiger partial charge in [0.1, 0.15) is 11.6 Å². The van der Waals surface area contributed by atoms with E-state index in [9.17, 15) is 9.50 Å². The highest BCUT2D eigenvalue weighted by Crippen LogP contribution is 2.26. The molecule has 1 rings (SSSR count). The van der Waals surface area contributed by atoms with Crippen molar-refractivity contribution in [1.29, 1.82) is 0 Å². The fraction of sp³-hybridized carbons (Fsp3) is 0.333. The Balaban J connectivity index is 3.20. The lowest BCUT2D eigenvalue weighted by Gasteiger charge is -2.10. The molecule has 0 heterocycles. The third-order valence-corrected chi connectivity index (χ3v) is 1.65. The second kappa shape index (κ2) is 3.54. The normalized spacial score (nSPS) is 12.7. The Bertz CT molecular complexity index is 271. The molecular weight excluding hydrogens is 159 g/mol. The molecule has 0 saturated carbocycles. The van der Waals surface area contributed by atoms with Crippen molar-refractivity contribution in [2.75, 3.05) is 7.11 Å². The van der Waals surface area contributed by atoms with E-state index in [0.29, 0.717) is 5.75 Å². The molecule has 3 heteroatoms. The number of hydrogen-bond acceptors (Lipinski definition) is 2. The second-order valence-electron chi connectivity index (χ2n) is 2.53. The van der Waals surface area contributed by atoms with E-state index in [2.05, 4.69) is 0 Å². The summed E-state index contributed by atoms with van der Waals surface area (Å²) in [6.07, 6.45) is -0.846. The second-order valence-corrected chi connectivity index (χ2v) is 2.53. The number of halogens is 1. The minimum absolute atomic E-state index is 0.208. The van der Waals surface area contributed by atoms with Crippen molar-refractivity contribution in [2.45, 2.75) is 13.0 Å². The first-order valence-corrected chi connectivity index (χ1v) is 3.67. The molecule has 1 aromatic carbocycles. The fourth-order valence-electron chi connectivity index (χ4n) is 1.10. The molecule has 2 nitrogen and oxygen atoms in total. The van der Waals surface area contributed by atoms with Gasteiger partial charge in [-0.1, -0.05) is 6.07 Å². The first-order valence-electron chi connectivity index (χ1n) is 3.67. The molecule has 0 fully saturated rings. The fourth-order valence-corrected chi connectivity index (χ4v) is 1.10. The zero-order valence-corrected chi connectivity index (χ0v) is 7.04. The number of aliphatic hydroxyl groups is 1. The first kappa shape index (κ1) is 9.00. The van der Waals surface area contributed by atoms with Crippen LogP contribution in [0.5, 0.6) is 5.75 Å². The highest BCUT2D eigenvalue weighted by molar-refractivity contribution is 5.35. The topological polar surface area (TPSA) is 29.5 Å². The quantitative estimate of drug-likeness (QED) is 0.734. The van der Waals surface area contributed by atoms with Crippen molar-refractivity contribution in [3.63, 3.8) is 0 Å². The van der Waals surface area contributed by atoms with Crippen molar-refractivity contribution in [3.05, 3.63) is 29.6 Å². The van der Waals surface area contributed by atoms with Crippen LogP contribution in [-0.4, -0.2) is 12.2 Å². The molecule has 0 bridgehead atoms. The van der Waals surface area contributed by atoms with Gasteiger partial charge in [0.2, 0.25) is 0 Å². The molecule has 0 aliphatic carbocycles. The number of rotatable bonds is 2. The molecule has 12 heavy (non-hydrogen) atoms. The Kier molecular flexibility index (Phi) is 2.65.